The highest BCUT2D eigenvalue weighted by atomic mass is 16.5. The maximum Gasteiger partial charge on any atom is 0.309 e. The summed E-state index contributed by atoms with van der Waals surface area (Å²) in [5.41, 5.74) is 5.89. The third-order valence-corrected chi connectivity index (χ3v) is 3.78. The molecule has 0 aromatic rings. The van der Waals surface area contributed by atoms with Crippen LogP contribution < -0.4 is 5.73 Å². The highest BCUT2D eigenvalue weighted by Gasteiger charge is 2.51. The second kappa shape index (κ2) is 4.94. The summed E-state index contributed by atoms with van der Waals surface area (Å²) in [5.74, 6) is -0.904. The number of likely N-dealkylation sites (tertiary alicyclic amines) is 1. The zero-order chi connectivity index (χ0) is 13.3. The van der Waals surface area contributed by atoms with E-state index in [1.165, 1.54) is 12.0 Å². The highest BCUT2D eigenvalue weighted by Crippen LogP contribution is 2.42. The zero-order valence-electron chi connectivity index (χ0n) is 10.3. The summed E-state index contributed by atoms with van der Waals surface area (Å²) in [4.78, 5) is 25.0. The first-order valence-electron chi connectivity index (χ1n) is 6.13. The zero-order valence-corrected chi connectivity index (χ0v) is 10.3. The fraction of sp³-hybridized carbons (Fsp3) is 0.750. The normalized spacial score (nSPS) is 31.6. The van der Waals surface area contributed by atoms with E-state index < -0.39 is 6.04 Å². The Kier molecular flexibility index (Phi) is 3.53. The fourth-order valence-electron chi connectivity index (χ4n) is 2.57. The van der Waals surface area contributed by atoms with Crippen molar-refractivity contribution in [2.24, 2.45) is 17.6 Å². The summed E-state index contributed by atoms with van der Waals surface area (Å²) in [6.07, 6.45) is 2.15. The molecule has 2 fully saturated rings. The molecule has 1 saturated carbocycles. The van der Waals surface area contributed by atoms with Gasteiger partial charge in [0.25, 0.3) is 0 Å². The number of amides is 1. The van der Waals surface area contributed by atoms with Crippen LogP contribution in [0.15, 0.2) is 0 Å². The van der Waals surface area contributed by atoms with E-state index in [-0.39, 0.29) is 29.8 Å². The van der Waals surface area contributed by atoms with Crippen LogP contribution in [-0.2, 0) is 14.3 Å². The van der Waals surface area contributed by atoms with Crippen LogP contribution in [0, 0.1) is 23.2 Å². The second-order valence-electron chi connectivity index (χ2n) is 4.87. The van der Waals surface area contributed by atoms with Gasteiger partial charge in [0.2, 0.25) is 5.91 Å². The number of methoxy groups -OCH3 is 1. The minimum Gasteiger partial charge on any atom is -0.469 e. The Labute approximate surface area is 106 Å². The Hall–Kier alpha value is -1.61. The molecule has 1 amide bonds. The summed E-state index contributed by atoms with van der Waals surface area (Å²) < 4.78 is 4.63. The van der Waals surface area contributed by atoms with Gasteiger partial charge in [0, 0.05) is 6.54 Å². The Morgan fingerprint density at radius 3 is 2.89 bits per heavy atom. The predicted molar refractivity (Wildman–Crippen MR) is 61.9 cm³/mol. The van der Waals surface area contributed by atoms with Crippen LogP contribution >= 0.6 is 0 Å². The van der Waals surface area contributed by atoms with Gasteiger partial charge in [0.05, 0.1) is 25.1 Å². The van der Waals surface area contributed by atoms with Gasteiger partial charge in [-0.2, -0.15) is 5.26 Å². The van der Waals surface area contributed by atoms with Gasteiger partial charge in [-0.25, -0.2) is 0 Å². The van der Waals surface area contributed by atoms with Gasteiger partial charge >= 0.3 is 5.97 Å². The van der Waals surface area contributed by atoms with Crippen molar-refractivity contribution in [1.82, 2.24) is 4.90 Å². The minimum atomic E-state index is -0.692. The molecule has 2 N–H and O–H groups in total. The third kappa shape index (κ3) is 2.18. The molecule has 1 aliphatic carbocycles. The average molecular weight is 251 g/mol. The first-order valence-corrected chi connectivity index (χ1v) is 6.13. The molecule has 0 aromatic carbocycles. The second-order valence-corrected chi connectivity index (χ2v) is 4.87. The van der Waals surface area contributed by atoms with Gasteiger partial charge in [0.1, 0.15) is 6.04 Å². The van der Waals surface area contributed by atoms with Gasteiger partial charge in [-0.05, 0) is 25.2 Å². The summed E-state index contributed by atoms with van der Waals surface area (Å²) in [6.45, 7) is 0.584. The standard InChI is InChI=1S/C12H17N3O3/c1-18-12(17)9-5-8(9)10(14)11(16)15-4-2-3-7(15)6-13/h7-10H,2-5,14H2,1H3/t7-,8-,9+,10+/m0/s1. The van der Waals surface area contributed by atoms with Crippen LogP contribution in [-0.4, -0.2) is 42.5 Å². The summed E-state index contributed by atoms with van der Waals surface area (Å²) in [7, 11) is 1.33. The van der Waals surface area contributed by atoms with Crippen LogP contribution in [0.4, 0.5) is 0 Å². The Balaban J connectivity index is 1.95. The van der Waals surface area contributed by atoms with E-state index in [4.69, 9.17) is 11.0 Å². The molecule has 1 aliphatic heterocycles. The van der Waals surface area contributed by atoms with Crippen molar-refractivity contribution >= 4 is 11.9 Å². The van der Waals surface area contributed by atoms with Crippen molar-refractivity contribution in [3.05, 3.63) is 0 Å². The molecule has 6 nitrogen and oxygen atoms in total. The van der Waals surface area contributed by atoms with E-state index in [0.29, 0.717) is 19.4 Å². The van der Waals surface area contributed by atoms with Crippen molar-refractivity contribution in [1.29, 1.82) is 5.26 Å². The largest absolute Gasteiger partial charge is 0.469 e. The van der Waals surface area contributed by atoms with Crippen molar-refractivity contribution in [2.75, 3.05) is 13.7 Å². The number of carbonyl (C=O) groups is 2. The molecule has 4 atom stereocenters. The maximum absolute atomic E-state index is 12.2. The van der Waals surface area contributed by atoms with E-state index in [2.05, 4.69) is 10.8 Å². The lowest BCUT2D eigenvalue weighted by atomic mass is 10.1. The van der Waals surface area contributed by atoms with E-state index in [9.17, 15) is 9.59 Å². The number of carbonyl (C=O) groups excluding carboxylic acids is 2. The van der Waals surface area contributed by atoms with E-state index in [0.717, 1.165) is 6.42 Å². The lowest BCUT2D eigenvalue weighted by molar-refractivity contribution is -0.142. The van der Waals surface area contributed by atoms with Crippen LogP contribution in [0.3, 0.4) is 0 Å². The summed E-state index contributed by atoms with van der Waals surface area (Å²) in [5, 5.41) is 8.94. The number of ether oxygens (including phenoxy) is 1. The van der Waals surface area contributed by atoms with E-state index in [1.807, 2.05) is 0 Å². The van der Waals surface area contributed by atoms with Crippen molar-refractivity contribution in [3.63, 3.8) is 0 Å². The van der Waals surface area contributed by atoms with Crippen LogP contribution in [0.2, 0.25) is 0 Å². The number of hydrogen-bond donors (Lipinski definition) is 1. The number of rotatable bonds is 3. The average Bonchev–Trinajstić information content (AvgIpc) is 3.05. The molecule has 6 heteroatoms. The third-order valence-electron chi connectivity index (χ3n) is 3.78. The molecule has 2 aliphatic rings. The minimum absolute atomic E-state index is 0.134. The summed E-state index contributed by atoms with van der Waals surface area (Å²) in [6, 6.07) is 1.06. The first kappa shape index (κ1) is 12.8. The number of hydrogen-bond acceptors (Lipinski definition) is 5. The van der Waals surface area contributed by atoms with Crippen LogP contribution in [0.25, 0.3) is 0 Å². The monoisotopic (exact) mass is 251 g/mol. The molecule has 2 rings (SSSR count). The van der Waals surface area contributed by atoms with Gasteiger partial charge < -0.3 is 15.4 Å². The molecular formula is C12H17N3O3. The topological polar surface area (TPSA) is 96.4 Å². The summed E-state index contributed by atoms with van der Waals surface area (Å²) >= 11 is 0. The smallest absolute Gasteiger partial charge is 0.309 e. The Morgan fingerprint density at radius 2 is 2.28 bits per heavy atom. The lowest BCUT2D eigenvalue weighted by Gasteiger charge is -2.23. The van der Waals surface area contributed by atoms with Crippen LogP contribution in [0.5, 0.6) is 0 Å². The quantitative estimate of drug-likeness (QED) is 0.691. The molecule has 98 valence electrons. The number of nitrogens with two attached hydrogens (primary N) is 1. The van der Waals surface area contributed by atoms with Gasteiger partial charge in [-0.15, -0.1) is 0 Å². The molecule has 0 radical (unpaired) electrons. The van der Waals surface area contributed by atoms with Crippen LogP contribution in [0.1, 0.15) is 19.3 Å². The predicted octanol–water partition coefficient (Wildman–Crippen LogP) is -0.363. The van der Waals surface area contributed by atoms with E-state index in [1.54, 1.807) is 0 Å². The Bertz CT molecular complexity index is 404. The molecule has 18 heavy (non-hydrogen) atoms. The fourth-order valence-corrected chi connectivity index (χ4v) is 2.57. The maximum atomic E-state index is 12.2. The van der Waals surface area contributed by atoms with Gasteiger partial charge in [-0.3, -0.25) is 9.59 Å². The number of esters is 1. The van der Waals surface area contributed by atoms with Gasteiger partial charge in [-0.1, -0.05) is 0 Å². The number of nitriles is 1. The van der Waals surface area contributed by atoms with E-state index >= 15 is 0 Å². The van der Waals surface area contributed by atoms with Crippen molar-refractivity contribution in [2.45, 2.75) is 31.3 Å². The molecule has 0 bridgehead atoms. The van der Waals surface area contributed by atoms with Gasteiger partial charge in [0.15, 0.2) is 0 Å². The first-order chi connectivity index (χ1) is 8.60. The molecule has 0 spiro atoms. The molecular weight excluding hydrogens is 234 g/mol. The Morgan fingerprint density at radius 1 is 1.56 bits per heavy atom. The lowest BCUT2D eigenvalue weighted by Crippen LogP contribution is -2.47. The molecule has 1 saturated heterocycles. The number of nitrogens with zero attached hydrogens (tertiary/aromatic N) is 2. The molecule has 0 unspecified atom stereocenters. The SMILES string of the molecule is COC(=O)[C@@H]1C[C@@H]1[C@@H](N)C(=O)N1CCC[C@H]1C#N. The molecule has 1 heterocycles. The van der Waals surface area contributed by atoms with Crippen molar-refractivity contribution in [3.8, 4) is 6.07 Å². The van der Waals surface area contributed by atoms with Crippen molar-refractivity contribution < 1.29 is 14.3 Å². The highest BCUT2D eigenvalue weighted by molar-refractivity contribution is 5.85. The molecule has 0 aromatic heterocycles.